The number of aliphatic carboxylic acids is 1. The van der Waals surface area contributed by atoms with Crippen LogP contribution in [0.3, 0.4) is 0 Å². The Morgan fingerprint density at radius 1 is 1.17 bits per heavy atom. The summed E-state index contributed by atoms with van der Waals surface area (Å²) in [5.41, 5.74) is 9.59. The molecule has 0 saturated heterocycles. The Labute approximate surface area is 214 Å². The zero-order chi connectivity index (χ0) is 25.4. The number of fused-ring (bicyclic) bond motifs is 2. The molecule has 182 valence electrons. The van der Waals surface area contributed by atoms with Crippen molar-refractivity contribution in [2.75, 3.05) is 12.3 Å². The third kappa shape index (κ3) is 4.50. The van der Waals surface area contributed by atoms with Gasteiger partial charge in [-0.1, -0.05) is 23.7 Å². The van der Waals surface area contributed by atoms with Gasteiger partial charge >= 0.3 is 11.9 Å². The van der Waals surface area contributed by atoms with Gasteiger partial charge in [-0.3, -0.25) is 4.79 Å². The van der Waals surface area contributed by atoms with Crippen molar-refractivity contribution in [1.29, 1.82) is 0 Å². The van der Waals surface area contributed by atoms with Gasteiger partial charge in [-0.05, 0) is 53.1 Å². The first-order chi connectivity index (χ1) is 17.3. The van der Waals surface area contributed by atoms with Crippen LogP contribution in [0.1, 0.15) is 28.4 Å². The molecule has 0 bridgehead atoms. The molecule has 0 aliphatic rings. The minimum Gasteiger partial charge on any atom is -0.481 e. The predicted molar refractivity (Wildman–Crippen MR) is 141 cm³/mol. The van der Waals surface area contributed by atoms with Gasteiger partial charge in [-0.15, -0.1) is 11.3 Å². The molecule has 0 radical (unpaired) electrons. The van der Waals surface area contributed by atoms with Gasteiger partial charge in [-0.25, -0.2) is 14.8 Å². The van der Waals surface area contributed by atoms with Crippen molar-refractivity contribution >= 4 is 61.8 Å². The standard InChI is InChI=1S/C26H21ClN4O4S/c1-2-35-25(34)20-10-29-26(28)30-24(20)14-3-5-18-15(8-23(32)33)11-31(21(18)7-14)12-16-13-36-22-6-4-17(27)9-19(16)22/h3-7,9-11,13H,2,8,12H2,1H3,(H,32,33)(H2,28,29,30). The number of anilines is 1. The second-order valence-electron chi connectivity index (χ2n) is 8.20. The summed E-state index contributed by atoms with van der Waals surface area (Å²) in [6, 6.07) is 11.3. The van der Waals surface area contributed by atoms with Crippen LogP contribution in [-0.4, -0.2) is 38.2 Å². The van der Waals surface area contributed by atoms with E-state index in [1.807, 2.05) is 41.1 Å². The van der Waals surface area contributed by atoms with E-state index in [1.54, 1.807) is 24.3 Å². The highest BCUT2D eigenvalue weighted by Gasteiger charge is 2.19. The molecule has 0 saturated carbocycles. The molecular weight excluding hydrogens is 500 g/mol. The number of nitrogen functional groups attached to an aromatic ring is 1. The molecule has 36 heavy (non-hydrogen) atoms. The van der Waals surface area contributed by atoms with Crippen molar-refractivity contribution in [1.82, 2.24) is 14.5 Å². The maximum atomic E-state index is 12.5. The molecule has 8 nitrogen and oxygen atoms in total. The van der Waals surface area contributed by atoms with Crippen LogP contribution in [0, 0.1) is 0 Å². The van der Waals surface area contributed by atoms with E-state index >= 15 is 0 Å². The van der Waals surface area contributed by atoms with Gasteiger partial charge in [0.25, 0.3) is 0 Å². The molecular formula is C26H21ClN4O4S. The number of rotatable bonds is 7. The van der Waals surface area contributed by atoms with Crippen LogP contribution >= 0.6 is 22.9 Å². The van der Waals surface area contributed by atoms with Gasteiger partial charge < -0.3 is 20.1 Å². The van der Waals surface area contributed by atoms with E-state index in [2.05, 4.69) is 15.3 Å². The van der Waals surface area contributed by atoms with Crippen LogP contribution in [0.5, 0.6) is 0 Å². The maximum absolute atomic E-state index is 12.5. The normalized spacial score (nSPS) is 11.3. The molecule has 0 amide bonds. The number of aromatic nitrogens is 3. The Bertz CT molecular complexity index is 1640. The number of hydrogen-bond acceptors (Lipinski definition) is 7. The average molecular weight is 521 g/mol. The Morgan fingerprint density at radius 2 is 2.00 bits per heavy atom. The fraction of sp³-hybridized carbons (Fsp3) is 0.154. The molecule has 3 N–H and O–H groups in total. The van der Waals surface area contributed by atoms with Gasteiger partial charge in [0, 0.05) is 45.1 Å². The number of benzene rings is 2. The molecule has 2 aromatic carbocycles. The van der Waals surface area contributed by atoms with Crippen molar-refractivity contribution in [2.24, 2.45) is 0 Å². The van der Waals surface area contributed by atoms with Crippen LogP contribution in [0.2, 0.25) is 5.02 Å². The molecule has 0 fully saturated rings. The van der Waals surface area contributed by atoms with Crippen molar-refractivity contribution in [2.45, 2.75) is 19.9 Å². The summed E-state index contributed by atoms with van der Waals surface area (Å²) in [6.07, 6.45) is 3.10. The minimum absolute atomic E-state index is 0.0294. The van der Waals surface area contributed by atoms with Gasteiger partial charge in [0.1, 0.15) is 5.56 Å². The van der Waals surface area contributed by atoms with Gasteiger partial charge in [0.2, 0.25) is 5.95 Å². The first-order valence-electron chi connectivity index (χ1n) is 11.1. The Morgan fingerprint density at radius 3 is 2.78 bits per heavy atom. The smallest absolute Gasteiger partial charge is 0.341 e. The van der Waals surface area contributed by atoms with Gasteiger partial charge in [0.05, 0.1) is 18.7 Å². The molecule has 3 heterocycles. The summed E-state index contributed by atoms with van der Waals surface area (Å²) in [7, 11) is 0. The van der Waals surface area contributed by atoms with Crippen LogP contribution in [0.25, 0.3) is 32.2 Å². The molecule has 0 unspecified atom stereocenters. The second kappa shape index (κ2) is 9.60. The molecule has 3 aromatic heterocycles. The quantitative estimate of drug-likeness (QED) is 0.275. The molecule has 0 spiro atoms. The van der Waals surface area contributed by atoms with E-state index in [4.69, 9.17) is 22.1 Å². The summed E-state index contributed by atoms with van der Waals surface area (Å²) in [4.78, 5) is 32.4. The molecule has 5 rings (SSSR count). The van der Waals surface area contributed by atoms with E-state index in [9.17, 15) is 14.7 Å². The van der Waals surface area contributed by atoms with Crippen LogP contribution < -0.4 is 5.73 Å². The third-order valence-electron chi connectivity index (χ3n) is 5.84. The summed E-state index contributed by atoms with van der Waals surface area (Å²) in [6.45, 7) is 2.44. The number of hydrogen-bond donors (Lipinski definition) is 2. The van der Waals surface area contributed by atoms with E-state index in [0.717, 1.165) is 26.6 Å². The highest BCUT2D eigenvalue weighted by Crippen LogP contribution is 2.33. The monoisotopic (exact) mass is 520 g/mol. The second-order valence-corrected chi connectivity index (χ2v) is 9.54. The summed E-state index contributed by atoms with van der Waals surface area (Å²) >= 11 is 7.87. The molecule has 0 aliphatic heterocycles. The minimum atomic E-state index is -0.918. The number of esters is 1. The maximum Gasteiger partial charge on any atom is 0.341 e. The number of nitrogens with zero attached hydrogens (tertiary/aromatic N) is 3. The lowest BCUT2D eigenvalue weighted by molar-refractivity contribution is -0.136. The van der Waals surface area contributed by atoms with E-state index in [1.165, 1.54) is 6.20 Å². The largest absolute Gasteiger partial charge is 0.481 e. The van der Waals surface area contributed by atoms with Crippen LogP contribution in [0.15, 0.2) is 54.2 Å². The van der Waals surface area contributed by atoms with Crippen LogP contribution in [-0.2, 0) is 22.5 Å². The number of carboxylic acid groups (broad SMARTS) is 1. The Kier molecular flexibility index (Phi) is 6.34. The summed E-state index contributed by atoms with van der Waals surface area (Å²) < 4.78 is 8.30. The van der Waals surface area contributed by atoms with Crippen molar-refractivity contribution in [3.63, 3.8) is 0 Å². The SMILES string of the molecule is CCOC(=O)c1cnc(N)nc1-c1ccc2c(CC(=O)O)cn(Cc3csc4ccc(Cl)cc34)c2c1. The lowest BCUT2D eigenvalue weighted by Crippen LogP contribution is -2.10. The zero-order valence-corrected chi connectivity index (χ0v) is 20.8. The number of carbonyl (C=O) groups is 2. The molecule has 0 atom stereocenters. The highest BCUT2D eigenvalue weighted by molar-refractivity contribution is 7.17. The number of thiophene rings is 1. The van der Waals surface area contributed by atoms with Crippen molar-refractivity contribution < 1.29 is 19.4 Å². The summed E-state index contributed by atoms with van der Waals surface area (Å²) in [5, 5.41) is 14.1. The van der Waals surface area contributed by atoms with Crippen LogP contribution in [0.4, 0.5) is 5.95 Å². The van der Waals surface area contributed by atoms with E-state index in [0.29, 0.717) is 28.4 Å². The van der Waals surface area contributed by atoms with Gasteiger partial charge in [-0.2, -0.15) is 0 Å². The number of carboxylic acids is 1. The highest BCUT2D eigenvalue weighted by atomic mass is 35.5. The van der Waals surface area contributed by atoms with E-state index in [-0.39, 0.29) is 24.5 Å². The lowest BCUT2D eigenvalue weighted by Gasteiger charge is -2.10. The Hall–Kier alpha value is -3.95. The van der Waals surface area contributed by atoms with E-state index < -0.39 is 11.9 Å². The third-order valence-corrected chi connectivity index (χ3v) is 7.09. The number of halogens is 1. The Balaban J connectivity index is 1.66. The fourth-order valence-corrected chi connectivity index (χ4v) is 5.39. The fourth-order valence-electron chi connectivity index (χ4n) is 4.28. The lowest BCUT2D eigenvalue weighted by atomic mass is 10.0. The number of ether oxygens (including phenoxy) is 1. The number of nitrogens with two attached hydrogens (primary N) is 1. The molecule has 5 aromatic rings. The number of carbonyl (C=O) groups excluding carboxylic acids is 1. The topological polar surface area (TPSA) is 120 Å². The van der Waals surface area contributed by atoms with Crippen molar-refractivity contribution in [3.8, 4) is 11.3 Å². The molecule has 10 heteroatoms. The predicted octanol–water partition coefficient (Wildman–Crippen LogP) is 5.40. The zero-order valence-electron chi connectivity index (χ0n) is 19.2. The van der Waals surface area contributed by atoms with Crippen molar-refractivity contribution in [3.05, 3.63) is 75.9 Å². The molecule has 0 aliphatic carbocycles. The average Bonchev–Trinajstić information content (AvgIpc) is 3.39. The summed E-state index contributed by atoms with van der Waals surface area (Å²) in [5.74, 6) is -1.43. The van der Waals surface area contributed by atoms with Gasteiger partial charge in [0.15, 0.2) is 0 Å². The first-order valence-corrected chi connectivity index (χ1v) is 12.4. The first kappa shape index (κ1) is 23.8.